The molecule has 0 aliphatic rings. The second-order valence-electron chi connectivity index (χ2n) is 3.36. The van der Waals surface area contributed by atoms with E-state index in [1.165, 1.54) is 18.2 Å². The number of carbonyl (C=O) groups excluding carboxylic acids is 1. The van der Waals surface area contributed by atoms with Gasteiger partial charge in [-0.1, -0.05) is 12.1 Å². The monoisotopic (exact) mass is 279 g/mol. The molecule has 19 heavy (non-hydrogen) atoms. The Kier molecular flexibility index (Phi) is 4.99. The van der Waals surface area contributed by atoms with Crippen LogP contribution in [-0.4, -0.2) is 32.1 Å². The van der Waals surface area contributed by atoms with Crippen LogP contribution < -0.4 is 15.2 Å². The standard InChI is InChI=1S/C11H12F3NO4/c1-17-10(16)9(6-15)18-7-4-2-3-5-8(7)19-11(12,13)14/h2-5,9H,6,15H2,1H3. The highest BCUT2D eigenvalue weighted by molar-refractivity contribution is 5.75. The fourth-order valence-corrected chi connectivity index (χ4v) is 1.23. The number of hydrogen-bond donors (Lipinski definition) is 1. The second kappa shape index (κ2) is 6.28. The van der Waals surface area contributed by atoms with E-state index in [2.05, 4.69) is 9.47 Å². The number of alkyl halides is 3. The lowest BCUT2D eigenvalue weighted by molar-refractivity contribution is -0.275. The molecule has 0 saturated carbocycles. The number of halogens is 3. The van der Waals surface area contributed by atoms with Crippen LogP contribution in [-0.2, 0) is 9.53 Å². The lowest BCUT2D eigenvalue weighted by Gasteiger charge is -2.18. The average Bonchev–Trinajstić information content (AvgIpc) is 2.35. The van der Waals surface area contributed by atoms with E-state index in [0.717, 1.165) is 13.2 Å². The topological polar surface area (TPSA) is 70.8 Å². The van der Waals surface area contributed by atoms with Crippen LogP contribution in [0.1, 0.15) is 0 Å². The number of esters is 1. The molecule has 0 saturated heterocycles. The molecule has 0 amide bonds. The highest BCUT2D eigenvalue weighted by Gasteiger charge is 2.33. The number of hydrogen-bond acceptors (Lipinski definition) is 5. The lowest BCUT2D eigenvalue weighted by atomic mass is 10.3. The van der Waals surface area contributed by atoms with Gasteiger partial charge in [-0.05, 0) is 12.1 Å². The Morgan fingerprint density at radius 1 is 1.32 bits per heavy atom. The predicted molar refractivity (Wildman–Crippen MR) is 58.6 cm³/mol. The van der Waals surface area contributed by atoms with Crippen LogP contribution in [0.25, 0.3) is 0 Å². The van der Waals surface area contributed by atoms with Crippen LogP contribution >= 0.6 is 0 Å². The van der Waals surface area contributed by atoms with Crippen molar-refractivity contribution in [2.75, 3.05) is 13.7 Å². The molecule has 0 aliphatic heterocycles. The van der Waals surface area contributed by atoms with Gasteiger partial charge in [-0.25, -0.2) is 4.79 Å². The van der Waals surface area contributed by atoms with E-state index in [-0.39, 0.29) is 12.3 Å². The number of nitrogens with two attached hydrogens (primary N) is 1. The van der Waals surface area contributed by atoms with Gasteiger partial charge in [-0.3, -0.25) is 0 Å². The first kappa shape index (κ1) is 15.1. The normalized spacial score (nSPS) is 12.7. The number of rotatable bonds is 5. The molecule has 5 nitrogen and oxygen atoms in total. The van der Waals surface area contributed by atoms with Crippen LogP contribution in [0.4, 0.5) is 13.2 Å². The molecule has 1 atom stereocenters. The third-order valence-corrected chi connectivity index (χ3v) is 2.02. The molecule has 106 valence electrons. The summed E-state index contributed by atoms with van der Waals surface area (Å²) in [6.45, 7) is -0.243. The van der Waals surface area contributed by atoms with Crippen LogP contribution in [0.5, 0.6) is 11.5 Å². The van der Waals surface area contributed by atoms with Gasteiger partial charge in [0.1, 0.15) is 0 Å². The highest BCUT2D eigenvalue weighted by Crippen LogP contribution is 2.32. The smallest absolute Gasteiger partial charge is 0.473 e. The molecule has 0 spiro atoms. The molecule has 1 aromatic carbocycles. The van der Waals surface area contributed by atoms with Crippen molar-refractivity contribution in [1.29, 1.82) is 0 Å². The van der Waals surface area contributed by atoms with E-state index in [9.17, 15) is 18.0 Å². The van der Waals surface area contributed by atoms with E-state index in [0.29, 0.717) is 0 Å². The van der Waals surface area contributed by atoms with Gasteiger partial charge >= 0.3 is 12.3 Å². The first-order valence-corrected chi connectivity index (χ1v) is 5.16. The summed E-state index contributed by atoms with van der Waals surface area (Å²) >= 11 is 0. The first-order chi connectivity index (χ1) is 8.87. The zero-order valence-electron chi connectivity index (χ0n) is 9.94. The van der Waals surface area contributed by atoms with Gasteiger partial charge in [0.2, 0.25) is 6.10 Å². The molecule has 0 radical (unpaired) electrons. The summed E-state index contributed by atoms with van der Waals surface area (Å²) in [5, 5.41) is 0. The zero-order chi connectivity index (χ0) is 14.5. The summed E-state index contributed by atoms with van der Waals surface area (Å²) in [5.74, 6) is -1.60. The molecule has 1 aromatic rings. The molecule has 1 rings (SSSR count). The van der Waals surface area contributed by atoms with Gasteiger partial charge in [-0.15, -0.1) is 13.2 Å². The van der Waals surface area contributed by atoms with Crippen molar-refractivity contribution in [3.63, 3.8) is 0 Å². The molecule has 0 aliphatic carbocycles. The zero-order valence-corrected chi connectivity index (χ0v) is 9.94. The number of carbonyl (C=O) groups is 1. The lowest BCUT2D eigenvalue weighted by Crippen LogP contribution is -2.36. The molecule has 1 unspecified atom stereocenters. The molecule has 0 fully saturated rings. The molecule has 0 heterocycles. The Morgan fingerprint density at radius 2 is 1.89 bits per heavy atom. The third kappa shape index (κ3) is 4.66. The van der Waals surface area contributed by atoms with Crippen molar-refractivity contribution in [2.45, 2.75) is 12.5 Å². The summed E-state index contributed by atoms with van der Waals surface area (Å²) in [6.07, 6.45) is -6.06. The summed E-state index contributed by atoms with van der Waals surface area (Å²) < 4.78 is 49.8. The van der Waals surface area contributed by atoms with Gasteiger partial charge in [0.25, 0.3) is 0 Å². The third-order valence-electron chi connectivity index (χ3n) is 2.02. The summed E-state index contributed by atoms with van der Waals surface area (Å²) in [5.41, 5.74) is 5.29. The molecular weight excluding hydrogens is 267 g/mol. The highest BCUT2D eigenvalue weighted by atomic mass is 19.4. The first-order valence-electron chi connectivity index (χ1n) is 5.16. The van der Waals surface area contributed by atoms with Gasteiger partial charge in [0, 0.05) is 6.54 Å². The van der Waals surface area contributed by atoms with E-state index in [4.69, 9.17) is 10.5 Å². The van der Waals surface area contributed by atoms with Crippen LogP contribution in [0.2, 0.25) is 0 Å². The number of methoxy groups -OCH3 is 1. The van der Waals surface area contributed by atoms with Gasteiger partial charge in [-0.2, -0.15) is 0 Å². The molecular formula is C11H12F3NO4. The fourth-order valence-electron chi connectivity index (χ4n) is 1.23. The second-order valence-corrected chi connectivity index (χ2v) is 3.36. The Labute approximate surface area is 107 Å². The van der Waals surface area contributed by atoms with E-state index >= 15 is 0 Å². The van der Waals surface area contributed by atoms with Gasteiger partial charge in [0.05, 0.1) is 7.11 Å². The van der Waals surface area contributed by atoms with Gasteiger partial charge < -0.3 is 19.9 Å². The molecule has 2 N–H and O–H groups in total. The van der Waals surface area contributed by atoms with E-state index < -0.39 is 24.2 Å². The largest absolute Gasteiger partial charge is 0.573 e. The minimum atomic E-state index is -4.86. The fraction of sp³-hybridized carbons (Fsp3) is 0.364. The van der Waals surface area contributed by atoms with Crippen molar-refractivity contribution in [2.24, 2.45) is 5.73 Å². The average molecular weight is 279 g/mol. The number of benzene rings is 1. The van der Waals surface area contributed by atoms with Crippen LogP contribution in [0, 0.1) is 0 Å². The molecule has 8 heteroatoms. The van der Waals surface area contributed by atoms with Gasteiger partial charge in [0.15, 0.2) is 11.5 Å². The van der Waals surface area contributed by atoms with Crippen molar-refractivity contribution < 1.29 is 32.2 Å². The Morgan fingerprint density at radius 3 is 2.37 bits per heavy atom. The maximum absolute atomic E-state index is 12.2. The van der Waals surface area contributed by atoms with Crippen molar-refractivity contribution in [3.8, 4) is 11.5 Å². The van der Waals surface area contributed by atoms with Crippen molar-refractivity contribution >= 4 is 5.97 Å². The Bertz CT molecular complexity index is 436. The maximum Gasteiger partial charge on any atom is 0.573 e. The summed E-state index contributed by atoms with van der Waals surface area (Å²) in [4.78, 5) is 11.3. The van der Waals surface area contributed by atoms with Crippen molar-refractivity contribution in [1.82, 2.24) is 0 Å². The number of para-hydroxylation sites is 2. The predicted octanol–water partition coefficient (Wildman–Crippen LogP) is 1.46. The number of ether oxygens (including phenoxy) is 3. The quantitative estimate of drug-likeness (QED) is 0.826. The van der Waals surface area contributed by atoms with Crippen molar-refractivity contribution in [3.05, 3.63) is 24.3 Å². The van der Waals surface area contributed by atoms with Crippen LogP contribution in [0.3, 0.4) is 0 Å². The molecule has 0 aromatic heterocycles. The minimum absolute atomic E-state index is 0.243. The van der Waals surface area contributed by atoms with Crippen LogP contribution in [0.15, 0.2) is 24.3 Å². The summed E-state index contributed by atoms with van der Waals surface area (Å²) in [6, 6.07) is 5.06. The summed E-state index contributed by atoms with van der Waals surface area (Å²) in [7, 11) is 1.12. The van der Waals surface area contributed by atoms with E-state index in [1.54, 1.807) is 0 Å². The SMILES string of the molecule is COC(=O)C(CN)Oc1ccccc1OC(F)(F)F. The Balaban J connectivity index is 2.91. The Hall–Kier alpha value is -1.96. The minimum Gasteiger partial charge on any atom is -0.473 e. The van der Waals surface area contributed by atoms with E-state index in [1.807, 2.05) is 0 Å². The molecule has 0 bridgehead atoms. The maximum atomic E-state index is 12.2.